The van der Waals surface area contributed by atoms with Crippen LogP contribution in [0.5, 0.6) is 0 Å². The van der Waals surface area contributed by atoms with Crippen molar-refractivity contribution in [2.24, 2.45) is 7.05 Å². The highest BCUT2D eigenvalue weighted by Crippen LogP contribution is 2.05. The number of hydrogen-bond acceptors (Lipinski definition) is 3. The molecule has 0 aromatic carbocycles. The quantitative estimate of drug-likeness (QED) is 0.763. The molecule has 0 unspecified atom stereocenters. The number of aromatic nitrogens is 3. The summed E-state index contributed by atoms with van der Waals surface area (Å²) in [5, 5.41) is 6.58. The number of carbonyl (C=O) groups excluding carboxylic acids is 1. The third-order valence-electron chi connectivity index (χ3n) is 2.01. The van der Waals surface area contributed by atoms with E-state index in [2.05, 4.69) is 15.4 Å². The lowest BCUT2D eigenvalue weighted by Crippen LogP contribution is -2.14. The van der Waals surface area contributed by atoms with E-state index in [4.69, 9.17) is 0 Å². The molecule has 6 nitrogen and oxygen atoms in total. The number of amides is 1. The highest BCUT2D eigenvalue weighted by molar-refractivity contribution is 6.03. The lowest BCUT2D eigenvalue weighted by Gasteiger charge is -2.00. The van der Waals surface area contributed by atoms with Gasteiger partial charge in [-0.1, -0.05) is 0 Å². The smallest absolute Gasteiger partial charge is 0.257 e. The SMILES string of the molecule is Cn1cc(NC(=O)c2ccc(=O)[nH]c2)cn1. The fourth-order valence-electron chi connectivity index (χ4n) is 1.24. The fourth-order valence-corrected chi connectivity index (χ4v) is 1.24. The first-order chi connectivity index (χ1) is 7.65. The highest BCUT2D eigenvalue weighted by atomic mass is 16.1. The Labute approximate surface area is 90.9 Å². The summed E-state index contributed by atoms with van der Waals surface area (Å²) in [5.74, 6) is -0.288. The van der Waals surface area contributed by atoms with Gasteiger partial charge in [-0.15, -0.1) is 0 Å². The molecule has 82 valence electrons. The Hall–Kier alpha value is -2.37. The second-order valence-electron chi connectivity index (χ2n) is 3.30. The second-order valence-corrected chi connectivity index (χ2v) is 3.30. The second kappa shape index (κ2) is 4.01. The van der Waals surface area contributed by atoms with E-state index in [0.29, 0.717) is 11.3 Å². The summed E-state index contributed by atoms with van der Waals surface area (Å²) in [7, 11) is 1.76. The number of H-pyrrole nitrogens is 1. The lowest BCUT2D eigenvalue weighted by molar-refractivity contribution is 0.102. The van der Waals surface area contributed by atoms with E-state index < -0.39 is 0 Å². The lowest BCUT2D eigenvalue weighted by atomic mass is 10.2. The molecule has 0 atom stereocenters. The third kappa shape index (κ3) is 2.17. The number of nitrogens with zero attached hydrogens (tertiary/aromatic N) is 2. The third-order valence-corrected chi connectivity index (χ3v) is 2.01. The van der Waals surface area contributed by atoms with Crippen LogP contribution in [0, 0.1) is 0 Å². The maximum absolute atomic E-state index is 11.7. The van der Waals surface area contributed by atoms with Gasteiger partial charge in [0.25, 0.3) is 5.91 Å². The molecule has 0 aliphatic carbocycles. The zero-order valence-corrected chi connectivity index (χ0v) is 8.60. The Morgan fingerprint density at radius 1 is 1.50 bits per heavy atom. The van der Waals surface area contributed by atoms with Crippen LogP contribution in [-0.2, 0) is 7.05 Å². The molecule has 16 heavy (non-hydrogen) atoms. The van der Waals surface area contributed by atoms with Crippen LogP contribution in [0.15, 0.2) is 35.5 Å². The normalized spacial score (nSPS) is 10.1. The molecular formula is C10H10N4O2. The molecule has 2 heterocycles. The summed E-state index contributed by atoms with van der Waals surface area (Å²) in [6.07, 6.45) is 4.60. The number of aryl methyl sites for hydroxylation is 1. The molecule has 0 fully saturated rings. The van der Waals surface area contributed by atoms with Crippen LogP contribution >= 0.6 is 0 Å². The van der Waals surface area contributed by atoms with Crippen molar-refractivity contribution >= 4 is 11.6 Å². The van der Waals surface area contributed by atoms with Gasteiger partial charge < -0.3 is 10.3 Å². The average molecular weight is 218 g/mol. The Balaban J connectivity index is 2.14. The van der Waals surface area contributed by atoms with Crippen LogP contribution < -0.4 is 10.9 Å². The standard InChI is InChI=1S/C10H10N4O2/c1-14-6-8(5-12-14)13-10(16)7-2-3-9(15)11-4-7/h2-6H,1H3,(H,11,15)(H,13,16). The zero-order chi connectivity index (χ0) is 11.5. The van der Waals surface area contributed by atoms with Crippen molar-refractivity contribution in [1.29, 1.82) is 0 Å². The molecule has 0 spiro atoms. The molecule has 6 heteroatoms. The molecule has 2 aromatic rings. The van der Waals surface area contributed by atoms with Gasteiger partial charge in [-0.05, 0) is 6.07 Å². The molecule has 2 aromatic heterocycles. The van der Waals surface area contributed by atoms with Crippen LogP contribution in [0.1, 0.15) is 10.4 Å². The van der Waals surface area contributed by atoms with Gasteiger partial charge >= 0.3 is 0 Å². The first-order valence-corrected chi connectivity index (χ1v) is 4.64. The fraction of sp³-hybridized carbons (Fsp3) is 0.100. The molecule has 1 amide bonds. The molecular weight excluding hydrogens is 208 g/mol. The van der Waals surface area contributed by atoms with Gasteiger partial charge in [-0.3, -0.25) is 14.3 Å². The van der Waals surface area contributed by atoms with Crippen molar-refractivity contribution in [3.8, 4) is 0 Å². The number of anilines is 1. The van der Waals surface area contributed by atoms with Crippen LogP contribution in [0.25, 0.3) is 0 Å². The molecule has 0 radical (unpaired) electrons. The number of rotatable bonds is 2. The van der Waals surface area contributed by atoms with Crippen LogP contribution in [0.3, 0.4) is 0 Å². The number of pyridine rings is 1. The molecule has 2 rings (SSSR count). The maximum atomic E-state index is 11.7. The van der Waals surface area contributed by atoms with Crippen molar-refractivity contribution in [1.82, 2.24) is 14.8 Å². The Kier molecular flexibility index (Phi) is 2.55. The van der Waals surface area contributed by atoms with E-state index in [1.54, 1.807) is 24.1 Å². The Bertz CT molecular complexity index is 550. The van der Waals surface area contributed by atoms with Gasteiger partial charge in [0.2, 0.25) is 5.56 Å². The van der Waals surface area contributed by atoms with Gasteiger partial charge in [-0.2, -0.15) is 5.10 Å². The summed E-state index contributed by atoms with van der Waals surface area (Å²) < 4.78 is 1.59. The average Bonchev–Trinajstić information content (AvgIpc) is 2.65. The first kappa shape index (κ1) is 10.2. The monoisotopic (exact) mass is 218 g/mol. The summed E-state index contributed by atoms with van der Waals surface area (Å²) in [4.78, 5) is 24.9. The first-order valence-electron chi connectivity index (χ1n) is 4.64. The van der Waals surface area contributed by atoms with Gasteiger partial charge in [0, 0.05) is 25.5 Å². The van der Waals surface area contributed by atoms with E-state index in [0.717, 1.165) is 0 Å². The number of nitrogens with one attached hydrogen (secondary N) is 2. The van der Waals surface area contributed by atoms with E-state index in [9.17, 15) is 9.59 Å². The predicted molar refractivity (Wildman–Crippen MR) is 58.2 cm³/mol. The molecule has 0 aliphatic heterocycles. The van der Waals surface area contributed by atoms with Gasteiger partial charge in [-0.25, -0.2) is 0 Å². The number of hydrogen-bond donors (Lipinski definition) is 2. The van der Waals surface area contributed by atoms with E-state index in [1.165, 1.54) is 18.3 Å². The van der Waals surface area contributed by atoms with E-state index in [1.807, 2.05) is 0 Å². The highest BCUT2D eigenvalue weighted by Gasteiger charge is 2.06. The molecule has 0 saturated heterocycles. The Morgan fingerprint density at radius 3 is 2.88 bits per heavy atom. The zero-order valence-electron chi connectivity index (χ0n) is 8.60. The van der Waals surface area contributed by atoms with Crippen molar-refractivity contribution in [2.75, 3.05) is 5.32 Å². The summed E-state index contributed by atoms with van der Waals surface area (Å²) in [5.41, 5.74) is 0.764. The van der Waals surface area contributed by atoms with Gasteiger partial charge in [0.15, 0.2) is 0 Å². The minimum absolute atomic E-state index is 0.238. The maximum Gasteiger partial charge on any atom is 0.257 e. The van der Waals surface area contributed by atoms with Crippen molar-refractivity contribution < 1.29 is 4.79 Å². The molecule has 2 N–H and O–H groups in total. The number of aromatic amines is 1. The number of carbonyl (C=O) groups is 1. The van der Waals surface area contributed by atoms with Crippen molar-refractivity contribution in [3.63, 3.8) is 0 Å². The van der Waals surface area contributed by atoms with Crippen LogP contribution in [0.4, 0.5) is 5.69 Å². The predicted octanol–water partition coefficient (Wildman–Crippen LogP) is 0.361. The van der Waals surface area contributed by atoms with Gasteiger partial charge in [0.05, 0.1) is 17.4 Å². The van der Waals surface area contributed by atoms with E-state index in [-0.39, 0.29) is 11.5 Å². The van der Waals surface area contributed by atoms with Crippen molar-refractivity contribution in [2.45, 2.75) is 0 Å². The largest absolute Gasteiger partial charge is 0.328 e. The van der Waals surface area contributed by atoms with E-state index >= 15 is 0 Å². The van der Waals surface area contributed by atoms with Crippen molar-refractivity contribution in [3.05, 3.63) is 46.6 Å². The summed E-state index contributed by atoms with van der Waals surface area (Å²) in [6, 6.07) is 2.77. The molecule has 0 bridgehead atoms. The van der Waals surface area contributed by atoms with Gasteiger partial charge in [0.1, 0.15) is 0 Å². The summed E-state index contributed by atoms with van der Waals surface area (Å²) in [6.45, 7) is 0. The van der Waals surface area contributed by atoms with Crippen LogP contribution in [0.2, 0.25) is 0 Å². The molecule has 0 aliphatic rings. The summed E-state index contributed by atoms with van der Waals surface area (Å²) >= 11 is 0. The topological polar surface area (TPSA) is 79.8 Å². The minimum atomic E-state index is -0.288. The Morgan fingerprint density at radius 2 is 2.31 bits per heavy atom. The van der Waals surface area contributed by atoms with Crippen LogP contribution in [-0.4, -0.2) is 20.7 Å². The minimum Gasteiger partial charge on any atom is -0.328 e. The molecule has 0 saturated carbocycles.